The Hall–Kier alpha value is -3.53. The van der Waals surface area contributed by atoms with Crippen LogP contribution in [0, 0.1) is 24.1 Å². The molecule has 1 aromatic heterocycles. The van der Waals surface area contributed by atoms with Gasteiger partial charge in [0.1, 0.15) is 11.5 Å². The number of terminal acetylenes is 1. The second kappa shape index (κ2) is 12.5. The molecule has 2 amide bonds. The maximum Gasteiger partial charge on any atom is 0.270 e. The Labute approximate surface area is 196 Å². The lowest BCUT2D eigenvalue weighted by Gasteiger charge is -2.42. The monoisotopic (exact) mass is 454 g/mol. The Morgan fingerprint density at radius 1 is 1.15 bits per heavy atom. The first-order valence-corrected chi connectivity index (χ1v) is 10.9. The summed E-state index contributed by atoms with van der Waals surface area (Å²) in [5.74, 6) is -0.801. The maximum atomic E-state index is 13.2. The van der Waals surface area contributed by atoms with E-state index in [0.717, 1.165) is 16.8 Å². The van der Waals surface area contributed by atoms with Crippen LogP contribution in [0.2, 0.25) is 0 Å². The van der Waals surface area contributed by atoms with Gasteiger partial charge in [0.15, 0.2) is 0 Å². The first-order valence-electron chi connectivity index (χ1n) is 10.9. The SMILES string of the molecule is C#C.CC.Cn1cccc1C(=O)N1CC(CC(N)=O)=C(NCc2ccc(F)cc2)C(C)(C)C1. The molecule has 178 valence electrons. The molecule has 0 unspecified atom stereocenters. The van der Waals surface area contributed by atoms with Crippen molar-refractivity contribution in [1.29, 1.82) is 0 Å². The van der Waals surface area contributed by atoms with Crippen molar-refractivity contribution in [2.45, 2.75) is 40.7 Å². The molecule has 7 heteroatoms. The van der Waals surface area contributed by atoms with Crippen LogP contribution in [0.3, 0.4) is 0 Å². The van der Waals surface area contributed by atoms with Gasteiger partial charge in [-0.15, -0.1) is 12.8 Å². The molecule has 3 N–H and O–H groups in total. The molecule has 0 aliphatic carbocycles. The van der Waals surface area contributed by atoms with Gasteiger partial charge in [0.25, 0.3) is 5.91 Å². The number of amides is 2. The minimum Gasteiger partial charge on any atom is -0.384 e. The highest BCUT2D eigenvalue weighted by molar-refractivity contribution is 5.93. The number of aromatic nitrogens is 1. The van der Waals surface area contributed by atoms with Gasteiger partial charge in [-0.2, -0.15) is 0 Å². The van der Waals surface area contributed by atoms with Crippen molar-refractivity contribution in [2.24, 2.45) is 18.2 Å². The second-order valence-electron chi connectivity index (χ2n) is 8.15. The summed E-state index contributed by atoms with van der Waals surface area (Å²) in [5, 5.41) is 3.41. The molecule has 0 fully saturated rings. The molecule has 6 nitrogen and oxygen atoms in total. The van der Waals surface area contributed by atoms with Crippen molar-refractivity contribution in [3.05, 3.63) is 70.9 Å². The molecule has 1 aliphatic heterocycles. The maximum absolute atomic E-state index is 13.2. The molecule has 0 saturated carbocycles. The number of aryl methyl sites for hydroxylation is 1. The van der Waals surface area contributed by atoms with Gasteiger partial charge in [-0.25, -0.2) is 4.39 Å². The van der Waals surface area contributed by atoms with E-state index in [9.17, 15) is 14.0 Å². The zero-order valence-electron chi connectivity index (χ0n) is 20.2. The van der Waals surface area contributed by atoms with Gasteiger partial charge < -0.3 is 20.5 Å². The van der Waals surface area contributed by atoms with Gasteiger partial charge in [0.05, 0.1) is 6.42 Å². The molecule has 2 aromatic rings. The smallest absolute Gasteiger partial charge is 0.270 e. The zero-order valence-corrected chi connectivity index (χ0v) is 20.2. The lowest BCUT2D eigenvalue weighted by molar-refractivity contribution is -0.117. The van der Waals surface area contributed by atoms with E-state index in [1.54, 1.807) is 27.7 Å². The number of hydrogen-bond donors (Lipinski definition) is 2. The Balaban J connectivity index is 0.00000129. The summed E-state index contributed by atoms with van der Waals surface area (Å²) >= 11 is 0. The average molecular weight is 455 g/mol. The van der Waals surface area contributed by atoms with E-state index >= 15 is 0 Å². The van der Waals surface area contributed by atoms with Crippen LogP contribution in [-0.4, -0.2) is 34.4 Å². The zero-order chi connectivity index (χ0) is 25.2. The molecule has 1 aliphatic rings. The number of nitrogens with two attached hydrogens (primary N) is 1. The number of nitrogens with zero attached hydrogens (tertiary/aromatic N) is 2. The highest BCUT2D eigenvalue weighted by Gasteiger charge is 2.37. The number of primary amides is 1. The van der Waals surface area contributed by atoms with Crippen molar-refractivity contribution in [1.82, 2.24) is 14.8 Å². The van der Waals surface area contributed by atoms with Crippen molar-refractivity contribution in [3.8, 4) is 12.8 Å². The molecular weight excluding hydrogens is 419 g/mol. The standard InChI is InChI=1S/C22H27FN4O2.C2H6.C2H2/c1-22(2)14-27(21(29)18-5-4-10-26(18)3)13-16(11-19(24)28)20(22)25-12-15-6-8-17(23)9-7-15;2*1-2/h4-10,25H,11-14H2,1-3H3,(H2,24,28);1-2H3;1-2H. The lowest BCUT2D eigenvalue weighted by atomic mass is 9.81. The Morgan fingerprint density at radius 2 is 1.76 bits per heavy atom. The van der Waals surface area contributed by atoms with Gasteiger partial charge in [0, 0.05) is 44.0 Å². The fourth-order valence-electron chi connectivity index (χ4n) is 3.90. The quantitative estimate of drug-likeness (QED) is 0.651. The highest BCUT2D eigenvalue weighted by Crippen LogP contribution is 2.35. The molecule has 0 saturated heterocycles. The van der Waals surface area contributed by atoms with Crippen LogP contribution < -0.4 is 11.1 Å². The third-order valence-electron chi connectivity index (χ3n) is 5.22. The summed E-state index contributed by atoms with van der Waals surface area (Å²) < 4.78 is 14.9. The van der Waals surface area contributed by atoms with Gasteiger partial charge in [-0.05, 0) is 35.4 Å². The highest BCUT2D eigenvalue weighted by atomic mass is 19.1. The molecule has 0 radical (unpaired) electrons. The third-order valence-corrected chi connectivity index (χ3v) is 5.22. The van der Waals surface area contributed by atoms with Crippen LogP contribution in [0.4, 0.5) is 4.39 Å². The molecule has 1 aromatic carbocycles. The Kier molecular flexibility index (Phi) is 10.4. The van der Waals surface area contributed by atoms with Gasteiger partial charge in [-0.1, -0.05) is 39.8 Å². The Bertz CT molecular complexity index is 987. The summed E-state index contributed by atoms with van der Waals surface area (Å²) in [4.78, 5) is 26.5. The second-order valence-corrected chi connectivity index (χ2v) is 8.15. The van der Waals surface area contributed by atoms with Crippen LogP contribution in [0.5, 0.6) is 0 Å². The minimum atomic E-state index is -0.440. The first kappa shape index (κ1) is 27.5. The molecule has 0 spiro atoms. The summed E-state index contributed by atoms with van der Waals surface area (Å²) in [5.41, 5.74) is 8.33. The Morgan fingerprint density at radius 3 is 2.27 bits per heavy atom. The van der Waals surface area contributed by atoms with E-state index in [1.807, 2.05) is 47.0 Å². The average Bonchev–Trinajstić information content (AvgIpc) is 3.21. The number of halogens is 1. The van der Waals surface area contributed by atoms with Gasteiger partial charge in [-0.3, -0.25) is 9.59 Å². The molecule has 3 rings (SSSR count). The van der Waals surface area contributed by atoms with Crippen molar-refractivity contribution in [2.75, 3.05) is 13.1 Å². The third kappa shape index (κ3) is 7.25. The normalized spacial score (nSPS) is 14.4. The number of carbonyl (C=O) groups excluding carboxylic acids is 2. The first-order chi connectivity index (χ1) is 15.7. The number of carbonyl (C=O) groups is 2. The van der Waals surface area contributed by atoms with E-state index in [4.69, 9.17) is 5.73 Å². The van der Waals surface area contributed by atoms with Crippen LogP contribution in [-0.2, 0) is 18.4 Å². The predicted octanol–water partition coefficient (Wildman–Crippen LogP) is 3.84. The van der Waals surface area contributed by atoms with Crippen molar-refractivity contribution >= 4 is 11.8 Å². The summed E-state index contributed by atoms with van der Waals surface area (Å²) in [6.07, 6.45) is 9.91. The molecule has 0 bridgehead atoms. The minimum absolute atomic E-state index is 0.0755. The van der Waals surface area contributed by atoms with Crippen LogP contribution >= 0.6 is 0 Å². The van der Waals surface area contributed by atoms with Crippen LogP contribution in [0.25, 0.3) is 0 Å². The molecule has 33 heavy (non-hydrogen) atoms. The van der Waals surface area contributed by atoms with E-state index in [0.29, 0.717) is 25.3 Å². The molecule has 2 heterocycles. The summed E-state index contributed by atoms with van der Waals surface area (Å²) in [6, 6.07) is 9.90. The summed E-state index contributed by atoms with van der Waals surface area (Å²) in [7, 11) is 1.83. The summed E-state index contributed by atoms with van der Waals surface area (Å²) in [6.45, 7) is 9.40. The number of nitrogens with one attached hydrogen (secondary N) is 1. The van der Waals surface area contributed by atoms with E-state index in [-0.39, 0.29) is 18.1 Å². The van der Waals surface area contributed by atoms with E-state index in [1.165, 1.54) is 12.1 Å². The topological polar surface area (TPSA) is 80.4 Å². The lowest BCUT2D eigenvalue weighted by Crippen LogP contribution is -2.48. The van der Waals surface area contributed by atoms with Gasteiger partial charge >= 0.3 is 0 Å². The number of rotatable bonds is 6. The molecular formula is C26H35FN4O2. The predicted molar refractivity (Wildman–Crippen MR) is 130 cm³/mol. The number of benzene rings is 1. The van der Waals surface area contributed by atoms with E-state index < -0.39 is 11.3 Å². The van der Waals surface area contributed by atoms with E-state index in [2.05, 4.69) is 18.2 Å². The fourth-order valence-corrected chi connectivity index (χ4v) is 3.90. The van der Waals surface area contributed by atoms with Crippen molar-refractivity contribution < 1.29 is 14.0 Å². The van der Waals surface area contributed by atoms with Crippen molar-refractivity contribution in [3.63, 3.8) is 0 Å². The van der Waals surface area contributed by atoms with Crippen LogP contribution in [0.1, 0.15) is 50.2 Å². The largest absolute Gasteiger partial charge is 0.384 e. The molecule has 0 atom stereocenters. The number of hydrogen-bond acceptors (Lipinski definition) is 3. The fraction of sp³-hybridized carbons (Fsp3) is 0.385. The van der Waals surface area contributed by atoms with Crippen LogP contribution in [0.15, 0.2) is 53.9 Å². The van der Waals surface area contributed by atoms with Gasteiger partial charge in [0.2, 0.25) is 5.91 Å².